The van der Waals surface area contributed by atoms with E-state index >= 15 is 0 Å². The van der Waals surface area contributed by atoms with Gasteiger partial charge in [0, 0.05) is 12.6 Å². The molecule has 1 aromatic rings. The van der Waals surface area contributed by atoms with Crippen LogP contribution < -0.4 is 11.1 Å². The molecule has 1 heterocycles. The van der Waals surface area contributed by atoms with Gasteiger partial charge in [0.05, 0.1) is 0 Å². The molecular weight excluding hydrogens is 270 g/mol. The van der Waals surface area contributed by atoms with Crippen LogP contribution >= 0.6 is 0 Å². The van der Waals surface area contributed by atoms with Crippen molar-refractivity contribution >= 4 is 0 Å². The van der Waals surface area contributed by atoms with Crippen LogP contribution in [0.3, 0.4) is 0 Å². The van der Waals surface area contributed by atoms with E-state index in [4.69, 9.17) is 5.73 Å². The Labute approximate surface area is 136 Å². The molecule has 124 valence electrons. The zero-order valence-corrected chi connectivity index (χ0v) is 14.1. The van der Waals surface area contributed by atoms with Gasteiger partial charge in [-0.3, -0.25) is 0 Å². The van der Waals surface area contributed by atoms with Crippen LogP contribution in [-0.4, -0.2) is 37.1 Å². The van der Waals surface area contributed by atoms with Crippen LogP contribution in [0.25, 0.3) is 0 Å². The van der Waals surface area contributed by atoms with E-state index in [1.807, 2.05) is 0 Å². The molecule has 1 aromatic carbocycles. The van der Waals surface area contributed by atoms with Crippen molar-refractivity contribution in [1.82, 2.24) is 10.2 Å². The van der Waals surface area contributed by atoms with Crippen LogP contribution in [0.4, 0.5) is 0 Å². The molecule has 1 aliphatic heterocycles. The van der Waals surface area contributed by atoms with Gasteiger partial charge in [-0.1, -0.05) is 36.8 Å². The lowest BCUT2D eigenvalue weighted by Crippen LogP contribution is -2.41. The zero-order chi connectivity index (χ0) is 15.6. The molecule has 1 unspecified atom stereocenters. The number of nitrogens with two attached hydrogens (primary N) is 1. The Balaban J connectivity index is 1.50. The minimum Gasteiger partial charge on any atom is -0.330 e. The van der Waals surface area contributed by atoms with Crippen molar-refractivity contribution in [2.24, 2.45) is 11.7 Å². The lowest BCUT2D eigenvalue weighted by atomic mass is 9.95. The van der Waals surface area contributed by atoms with Gasteiger partial charge in [-0.15, -0.1) is 0 Å². The van der Waals surface area contributed by atoms with E-state index in [2.05, 4.69) is 47.5 Å². The van der Waals surface area contributed by atoms with Crippen LogP contribution in [0, 0.1) is 5.92 Å². The van der Waals surface area contributed by atoms with E-state index in [0.29, 0.717) is 0 Å². The second-order valence-electron chi connectivity index (χ2n) is 6.72. The molecule has 3 N–H and O–H groups in total. The van der Waals surface area contributed by atoms with Crippen molar-refractivity contribution in [3.05, 3.63) is 35.9 Å². The average Bonchev–Trinajstić information content (AvgIpc) is 2.58. The molecular formula is C19H33N3. The maximum Gasteiger partial charge on any atom is 0.0205 e. The number of benzene rings is 1. The summed E-state index contributed by atoms with van der Waals surface area (Å²) in [6.07, 6.45) is 6.50. The molecule has 0 amide bonds. The molecule has 1 fully saturated rings. The largest absolute Gasteiger partial charge is 0.330 e. The Morgan fingerprint density at radius 2 is 1.91 bits per heavy atom. The summed E-state index contributed by atoms with van der Waals surface area (Å²) in [5, 5.41) is 3.54. The highest BCUT2D eigenvalue weighted by molar-refractivity contribution is 5.14. The molecule has 2 rings (SSSR count). The van der Waals surface area contributed by atoms with Gasteiger partial charge in [0.25, 0.3) is 0 Å². The molecule has 0 bridgehead atoms. The summed E-state index contributed by atoms with van der Waals surface area (Å²) in [6.45, 7) is 7.86. The number of nitrogens with zero attached hydrogens (tertiary/aromatic N) is 1. The Hall–Kier alpha value is -0.900. The second kappa shape index (κ2) is 9.98. The van der Waals surface area contributed by atoms with E-state index in [0.717, 1.165) is 31.6 Å². The fourth-order valence-electron chi connectivity index (χ4n) is 3.33. The van der Waals surface area contributed by atoms with Crippen LogP contribution in [0.2, 0.25) is 0 Å². The first-order valence-corrected chi connectivity index (χ1v) is 8.98. The number of nitrogens with one attached hydrogen (secondary N) is 1. The fourth-order valence-corrected chi connectivity index (χ4v) is 3.33. The topological polar surface area (TPSA) is 41.3 Å². The lowest BCUT2D eigenvalue weighted by molar-refractivity contribution is 0.136. The van der Waals surface area contributed by atoms with Gasteiger partial charge in [-0.05, 0) is 70.3 Å². The summed E-state index contributed by atoms with van der Waals surface area (Å²) >= 11 is 0. The molecule has 0 spiro atoms. The van der Waals surface area contributed by atoms with E-state index in [1.54, 1.807) is 0 Å². The van der Waals surface area contributed by atoms with Gasteiger partial charge in [-0.2, -0.15) is 0 Å². The molecule has 22 heavy (non-hydrogen) atoms. The highest BCUT2D eigenvalue weighted by atomic mass is 15.2. The maximum absolute atomic E-state index is 5.77. The highest BCUT2D eigenvalue weighted by Gasteiger charge is 2.21. The predicted molar refractivity (Wildman–Crippen MR) is 94.8 cm³/mol. The number of likely N-dealkylation sites (tertiary alicyclic amines) is 1. The van der Waals surface area contributed by atoms with Crippen LogP contribution in [-0.2, 0) is 6.54 Å². The summed E-state index contributed by atoms with van der Waals surface area (Å²) in [5.41, 5.74) is 7.14. The summed E-state index contributed by atoms with van der Waals surface area (Å²) in [4.78, 5) is 2.66. The number of hydrogen-bond acceptors (Lipinski definition) is 3. The van der Waals surface area contributed by atoms with Gasteiger partial charge in [0.1, 0.15) is 0 Å². The van der Waals surface area contributed by atoms with E-state index in [-0.39, 0.29) is 0 Å². The SMILES string of the molecule is CC(CCCCNCc1ccccc1)N1CCC(CN)CC1. The molecule has 0 saturated carbocycles. The Kier molecular flexibility index (Phi) is 7.92. The second-order valence-corrected chi connectivity index (χ2v) is 6.72. The van der Waals surface area contributed by atoms with Crippen LogP contribution in [0.1, 0.15) is 44.6 Å². The van der Waals surface area contributed by atoms with Crippen molar-refractivity contribution in [3.8, 4) is 0 Å². The summed E-state index contributed by atoms with van der Waals surface area (Å²) < 4.78 is 0. The summed E-state index contributed by atoms with van der Waals surface area (Å²) in [5.74, 6) is 0.769. The summed E-state index contributed by atoms with van der Waals surface area (Å²) in [7, 11) is 0. The maximum atomic E-state index is 5.77. The van der Waals surface area contributed by atoms with Crippen LogP contribution in [0.5, 0.6) is 0 Å². The van der Waals surface area contributed by atoms with Gasteiger partial charge < -0.3 is 16.0 Å². The monoisotopic (exact) mass is 303 g/mol. The van der Waals surface area contributed by atoms with Gasteiger partial charge in [-0.25, -0.2) is 0 Å². The predicted octanol–water partition coefficient (Wildman–Crippen LogP) is 3.01. The number of unbranched alkanes of at least 4 members (excludes halogenated alkanes) is 1. The molecule has 0 aromatic heterocycles. The van der Waals surface area contributed by atoms with E-state index in [1.165, 1.54) is 50.8 Å². The minimum absolute atomic E-state index is 0.729. The smallest absolute Gasteiger partial charge is 0.0205 e. The van der Waals surface area contributed by atoms with E-state index < -0.39 is 0 Å². The minimum atomic E-state index is 0.729. The van der Waals surface area contributed by atoms with Crippen LogP contribution in [0.15, 0.2) is 30.3 Å². The number of hydrogen-bond donors (Lipinski definition) is 2. The summed E-state index contributed by atoms with van der Waals surface area (Å²) in [6, 6.07) is 11.4. The average molecular weight is 303 g/mol. The van der Waals surface area contributed by atoms with Crippen molar-refractivity contribution < 1.29 is 0 Å². The Morgan fingerprint density at radius 1 is 1.18 bits per heavy atom. The van der Waals surface area contributed by atoms with Crippen molar-refractivity contribution in [2.75, 3.05) is 26.2 Å². The van der Waals surface area contributed by atoms with Gasteiger partial charge in [0.15, 0.2) is 0 Å². The lowest BCUT2D eigenvalue weighted by Gasteiger charge is -2.35. The fraction of sp³-hybridized carbons (Fsp3) is 0.684. The molecule has 3 heteroatoms. The highest BCUT2D eigenvalue weighted by Crippen LogP contribution is 2.19. The van der Waals surface area contributed by atoms with Crippen molar-refractivity contribution in [3.63, 3.8) is 0 Å². The molecule has 0 radical (unpaired) electrons. The third kappa shape index (κ3) is 6.07. The molecule has 0 aliphatic carbocycles. The standard InChI is InChI=1S/C19H33N3/c1-17(22-13-10-18(15-20)11-14-22)7-5-6-12-21-16-19-8-3-2-4-9-19/h2-4,8-9,17-18,21H,5-7,10-16,20H2,1H3. The first kappa shape index (κ1) is 17.5. The Bertz CT molecular complexity index is 385. The van der Waals surface area contributed by atoms with Crippen molar-refractivity contribution in [2.45, 2.75) is 51.6 Å². The first-order valence-electron chi connectivity index (χ1n) is 8.98. The van der Waals surface area contributed by atoms with Crippen molar-refractivity contribution in [1.29, 1.82) is 0 Å². The quantitative estimate of drug-likeness (QED) is 0.689. The molecule has 1 aliphatic rings. The first-order chi connectivity index (χ1) is 10.8. The molecule has 3 nitrogen and oxygen atoms in total. The zero-order valence-electron chi connectivity index (χ0n) is 14.1. The molecule has 1 saturated heterocycles. The third-order valence-electron chi connectivity index (χ3n) is 5.00. The normalized spacial score (nSPS) is 18.5. The molecule has 1 atom stereocenters. The Morgan fingerprint density at radius 3 is 2.59 bits per heavy atom. The number of piperidine rings is 1. The third-order valence-corrected chi connectivity index (χ3v) is 5.00. The van der Waals surface area contributed by atoms with Gasteiger partial charge >= 0.3 is 0 Å². The van der Waals surface area contributed by atoms with E-state index in [9.17, 15) is 0 Å². The number of rotatable bonds is 9. The van der Waals surface area contributed by atoms with Gasteiger partial charge in [0.2, 0.25) is 0 Å².